The zero-order valence-corrected chi connectivity index (χ0v) is 38.9. The fraction of sp³-hybridized carbons (Fsp3) is 0. The van der Waals surface area contributed by atoms with Crippen LogP contribution in [0.1, 0.15) is 6.85 Å². The number of aromatic nitrogens is 3. The van der Waals surface area contributed by atoms with Crippen molar-refractivity contribution in [3.05, 3.63) is 273 Å². The Morgan fingerprint density at radius 1 is 0.286 bits per heavy atom. The molecule has 0 saturated heterocycles. The Hall–Kier alpha value is -8.96. The number of nitrogens with zero attached hydrogens (tertiary/aromatic N) is 3. The molecule has 0 amide bonds. The molecule has 70 heavy (non-hydrogen) atoms. The quantitative estimate of drug-likeness (QED) is 0.107. The van der Waals surface area contributed by atoms with E-state index in [9.17, 15) is 0 Å². The maximum absolute atomic E-state index is 9.09. The molecule has 0 unspecified atom stereocenters. The van der Waals surface area contributed by atoms with Gasteiger partial charge in [0.15, 0.2) is 8.07 Å². The van der Waals surface area contributed by atoms with Crippen molar-refractivity contribution in [1.82, 2.24) is 13.7 Å². The fourth-order valence-corrected chi connectivity index (χ4v) is 16.4. The first-order valence-corrected chi connectivity index (χ1v) is 25.8. The summed E-state index contributed by atoms with van der Waals surface area (Å²) in [6.07, 6.45) is 0. The van der Waals surface area contributed by atoms with Crippen LogP contribution in [0.4, 0.5) is 0 Å². The topological polar surface area (TPSA) is 14.8 Å². The largest absolute Gasteiger partial charge is 0.309 e. The minimum atomic E-state index is -3.25. The number of hydrogen-bond acceptors (Lipinski definition) is 0. The first-order valence-electron chi connectivity index (χ1n) is 26.3. The van der Waals surface area contributed by atoms with Gasteiger partial charge in [0.05, 0.1) is 40.0 Å². The average Bonchev–Trinajstić information content (AvgIpc) is 4.11. The van der Waals surface area contributed by atoms with Crippen molar-refractivity contribution in [2.75, 3.05) is 0 Å². The summed E-state index contributed by atoms with van der Waals surface area (Å²) < 4.78 is 50.5. The second-order valence-corrected chi connectivity index (χ2v) is 21.9. The van der Waals surface area contributed by atoms with Gasteiger partial charge in [-0.2, -0.15) is 0 Å². The summed E-state index contributed by atoms with van der Waals surface area (Å²) in [5.74, 6) is 0. The highest BCUT2D eigenvalue weighted by Crippen LogP contribution is 2.41. The van der Waals surface area contributed by atoms with E-state index in [1.54, 1.807) is 0 Å². The van der Waals surface area contributed by atoms with Crippen LogP contribution >= 0.6 is 0 Å². The lowest BCUT2D eigenvalue weighted by molar-refractivity contribution is 1.17. The maximum Gasteiger partial charge on any atom is 0.179 e. The minimum Gasteiger partial charge on any atom is -0.309 e. The maximum atomic E-state index is 9.09. The third-order valence-corrected chi connectivity index (χ3v) is 19.2. The molecule has 0 aliphatic heterocycles. The SMILES string of the molecule is [2H]c1c([2H])c([2H])c(-n2c3ccccc3c3cc([Si](c4ccccc4)(c4ccccc4)c4cccc(-n5c6ccc(-n7c8ccccc8c8ccccc87)cc6c6c(-c7ccccc7)cccc65)c4)ccc32)c([2H])c1[2H]. The number of fused-ring (bicyclic) bond motifs is 9. The van der Waals surface area contributed by atoms with E-state index in [2.05, 4.69) is 234 Å². The van der Waals surface area contributed by atoms with Crippen molar-refractivity contribution < 1.29 is 6.85 Å². The molecular weight excluding hydrogens is 863 g/mol. The summed E-state index contributed by atoms with van der Waals surface area (Å²) in [4.78, 5) is 0. The predicted molar refractivity (Wildman–Crippen MR) is 299 cm³/mol. The van der Waals surface area contributed by atoms with Crippen molar-refractivity contribution in [2.45, 2.75) is 0 Å². The Bertz CT molecular complexity index is 4480. The van der Waals surface area contributed by atoms with Gasteiger partial charge in [-0.05, 0) is 105 Å². The first-order chi connectivity index (χ1) is 36.8. The summed E-state index contributed by atoms with van der Waals surface area (Å²) >= 11 is 0. The lowest BCUT2D eigenvalue weighted by atomic mass is 9.99. The van der Waals surface area contributed by atoms with Gasteiger partial charge in [0.2, 0.25) is 0 Å². The molecular formula is C66H45N3Si. The van der Waals surface area contributed by atoms with Gasteiger partial charge in [0.25, 0.3) is 0 Å². The zero-order valence-electron chi connectivity index (χ0n) is 42.9. The summed E-state index contributed by atoms with van der Waals surface area (Å²) in [5, 5.41) is 11.4. The molecule has 11 aromatic carbocycles. The molecule has 0 N–H and O–H groups in total. The standard InChI is InChI=1S/C66H45N3Si/c1-5-21-46(22-6-1)54-34-20-38-65-66(54)59-44-49(68-60-35-16-13-31-55(60)56-32-14-17-36-61(56)68)39-41-64(59)69(65)48-25-19-30-52(43-48)70(50-26-9-3-10-27-50,51-28-11-4-12-29-51)53-40-42-63-58(45-53)57-33-15-18-37-62(57)67(63)47-23-7-2-8-24-47/h1-45H/i2D,7D,8D,23D,24D. The summed E-state index contributed by atoms with van der Waals surface area (Å²) in [6, 6.07) is 85.7. The molecule has 0 radical (unpaired) electrons. The lowest BCUT2D eigenvalue weighted by Gasteiger charge is -2.35. The lowest BCUT2D eigenvalue weighted by Crippen LogP contribution is -2.74. The molecule has 3 heterocycles. The Balaban J connectivity index is 1.05. The molecule has 3 nitrogen and oxygen atoms in total. The van der Waals surface area contributed by atoms with Gasteiger partial charge in [-0.25, -0.2) is 0 Å². The molecule has 4 heteroatoms. The van der Waals surface area contributed by atoms with E-state index < -0.39 is 14.1 Å². The van der Waals surface area contributed by atoms with Crippen molar-refractivity contribution in [3.63, 3.8) is 0 Å². The highest BCUT2D eigenvalue weighted by atomic mass is 28.3. The zero-order chi connectivity index (χ0) is 50.5. The van der Waals surface area contributed by atoms with Gasteiger partial charge in [-0.1, -0.05) is 200 Å². The average molecular weight is 913 g/mol. The monoisotopic (exact) mass is 912 g/mol. The Morgan fingerprint density at radius 3 is 1.40 bits per heavy atom. The molecule has 0 saturated carbocycles. The van der Waals surface area contributed by atoms with E-state index >= 15 is 0 Å². The molecule has 0 atom stereocenters. The number of hydrogen-bond donors (Lipinski definition) is 0. The number of benzene rings is 11. The first kappa shape index (κ1) is 35.2. The molecule has 0 fully saturated rings. The van der Waals surface area contributed by atoms with Gasteiger partial charge in [-0.3, -0.25) is 0 Å². The van der Waals surface area contributed by atoms with Crippen molar-refractivity contribution in [3.8, 4) is 28.2 Å². The van der Waals surface area contributed by atoms with Crippen molar-refractivity contribution in [1.29, 1.82) is 0 Å². The van der Waals surface area contributed by atoms with Gasteiger partial charge in [0.1, 0.15) is 0 Å². The van der Waals surface area contributed by atoms with E-state index in [-0.39, 0.29) is 29.9 Å². The van der Waals surface area contributed by atoms with Crippen molar-refractivity contribution in [2.24, 2.45) is 0 Å². The number of rotatable bonds is 8. The molecule has 14 rings (SSSR count). The van der Waals surface area contributed by atoms with Crippen LogP contribution in [0, 0.1) is 0 Å². The van der Waals surface area contributed by atoms with E-state index in [4.69, 9.17) is 6.85 Å². The smallest absolute Gasteiger partial charge is 0.179 e. The van der Waals surface area contributed by atoms with Crippen LogP contribution in [0.5, 0.6) is 0 Å². The molecule has 14 aromatic rings. The van der Waals surface area contributed by atoms with Gasteiger partial charge in [0, 0.05) is 49.4 Å². The van der Waals surface area contributed by atoms with Crippen LogP contribution in [-0.2, 0) is 0 Å². The van der Waals surface area contributed by atoms with Crippen LogP contribution in [0.3, 0.4) is 0 Å². The minimum absolute atomic E-state index is 0.131. The third kappa shape index (κ3) is 6.00. The fourth-order valence-electron chi connectivity index (χ4n) is 11.6. The molecule has 0 bridgehead atoms. The van der Waals surface area contributed by atoms with Crippen LogP contribution in [-0.4, -0.2) is 21.8 Å². The molecule has 0 aliphatic carbocycles. The molecule has 0 aliphatic rings. The Labute approximate surface area is 414 Å². The molecule has 3 aromatic heterocycles. The van der Waals surface area contributed by atoms with Gasteiger partial charge in [-0.15, -0.1) is 0 Å². The summed E-state index contributed by atoms with van der Waals surface area (Å²) in [5.41, 5.74) is 10.7. The summed E-state index contributed by atoms with van der Waals surface area (Å²) in [7, 11) is -3.25. The third-order valence-electron chi connectivity index (χ3n) is 14.5. The highest BCUT2D eigenvalue weighted by Gasteiger charge is 2.42. The molecule has 328 valence electrons. The normalized spacial score (nSPS) is 13.0. The highest BCUT2D eigenvalue weighted by molar-refractivity contribution is 7.20. The van der Waals surface area contributed by atoms with E-state index in [0.717, 1.165) is 71.4 Å². The second-order valence-electron chi connectivity index (χ2n) is 18.1. The van der Waals surface area contributed by atoms with Gasteiger partial charge < -0.3 is 13.7 Å². The Kier molecular flexibility index (Phi) is 8.10. The van der Waals surface area contributed by atoms with Crippen molar-refractivity contribution >= 4 is 94.2 Å². The predicted octanol–water partition coefficient (Wildman–Crippen LogP) is 14.0. The van der Waals surface area contributed by atoms with E-state index in [0.29, 0.717) is 0 Å². The second kappa shape index (κ2) is 16.1. The van der Waals surface area contributed by atoms with Crippen LogP contribution in [0.15, 0.2) is 273 Å². The van der Waals surface area contributed by atoms with Crippen LogP contribution in [0.2, 0.25) is 0 Å². The van der Waals surface area contributed by atoms with E-state index in [1.165, 1.54) is 37.3 Å². The van der Waals surface area contributed by atoms with Crippen LogP contribution in [0.25, 0.3) is 93.6 Å². The summed E-state index contributed by atoms with van der Waals surface area (Å²) in [6.45, 7) is 0. The van der Waals surface area contributed by atoms with E-state index in [1.807, 2.05) is 22.8 Å². The van der Waals surface area contributed by atoms with Crippen LogP contribution < -0.4 is 20.7 Å². The molecule has 0 spiro atoms. The van der Waals surface area contributed by atoms with Gasteiger partial charge >= 0.3 is 0 Å². The Morgan fingerprint density at radius 2 is 0.743 bits per heavy atom. The number of para-hydroxylation sites is 4.